The molecule has 1 aromatic carbocycles. The molecular weight excluding hydrogens is 238 g/mol. The number of nitrogens with two attached hydrogens (primary N) is 1. The molecule has 0 aliphatic carbocycles. The van der Waals surface area contributed by atoms with Gasteiger partial charge in [0.2, 0.25) is 0 Å². The molecule has 1 atom stereocenters. The number of rotatable bonds is 2. The lowest BCUT2D eigenvalue weighted by Crippen LogP contribution is -2.17. The predicted octanol–water partition coefficient (Wildman–Crippen LogP) is 1.36. The Balaban J connectivity index is 1.93. The predicted molar refractivity (Wildman–Crippen MR) is 63.4 cm³/mol. The smallest absolute Gasteiger partial charge is 0.161 e. The molecule has 2 aromatic rings. The van der Waals surface area contributed by atoms with Gasteiger partial charge in [0, 0.05) is 5.38 Å². The molecule has 0 fully saturated rings. The van der Waals surface area contributed by atoms with Gasteiger partial charge in [0.15, 0.2) is 11.5 Å². The summed E-state index contributed by atoms with van der Waals surface area (Å²) in [5.74, 6) is 1.51. The highest BCUT2D eigenvalue weighted by Crippen LogP contribution is 2.33. The van der Waals surface area contributed by atoms with Gasteiger partial charge in [-0.3, -0.25) is 0 Å². The SMILES string of the molecule is NC(c1ccc2c(c1)OCCO2)c1csnn1. The van der Waals surface area contributed by atoms with Gasteiger partial charge in [0.1, 0.15) is 13.2 Å². The van der Waals surface area contributed by atoms with Gasteiger partial charge in [-0.05, 0) is 29.2 Å². The van der Waals surface area contributed by atoms with Crippen LogP contribution >= 0.6 is 11.5 Å². The van der Waals surface area contributed by atoms with Crippen LogP contribution in [0.25, 0.3) is 0 Å². The summed E-state index contributed by atoms with van der Waals surface area (Å²) >= 11 is 1.29. The van der Waals surface area contributed by atoms with Crippen LogP contribution in [0.3, 0.4) is 0 Å². The zero-order valence-electron chi connectivity index (χ0n) is 9.00. The maximum atomic E-state index is 6.10. The minimum Gasteiger partial charge on any atom is -0.486 e. The van der Waals surface area contributed by atoms with Gasteiger partial charge in [-0.25, -0.2) is 0 Å². The van der Waals surface area contributed by atoms with E-state index in [4.69, 9.17) is 15.2 Å². The second kappa shape index (κ2) is 4.31. The van der Waals surface area contributed by atoms with Crippen molar-refractivity contribution in [2.75, 3.05) is 13.2 Å². The first-order chi connectivity index (χ1) is 8.34. The summed E-state index contributed by atoms with van der Waals surface area (Å²) in [4.78, 5) is 0. The molecule has 0 saturated carbocycles. The van der Waals surface area contributed by atoms with Crippen LogP contribution in [0.15, 0.2) is 23.6 Å². The molecule has 1 aliphatic rings. The fourth-order valence-electron chi connectivity index (χ4n) is 1.73. The average molecular weight is 249 g/mol. The highest BCUT2D eigenvalue weighted by molar-refractivity contribution is 7.03. The van der Waals surface area contributed by atoms with Crippen LogP contribution in [-0.4, -0.2) is 22.8 Å². The minimum atomic E-state index is -0.274. The highest BCUT2D eigenvalue weighted by atomic mass is 32.1. The second-order valence-electron chi connectivity index (χ2n) is 3.71. The van der Waals surface area contributed by atoms with Gasteiger partial charge >= 0.3 is 0 Å². The standard InChI is InChI=1S/C11H11N3O2S/c12-11(8-6-17-14-13-8)7-1-2-9-10(5-7)16-4-3-15-9/h1-2,5-6,11H,3-4,12H2. The average Bonchev–Trinajstić information content (AvgIpc) is 2.91. The molecular formula is C11H11N3O2S. The van der Waals surface area contributed by atoms with E-state index in [1.807, 2.05) is 23.6 Å². The van der Waals surface area contributed by atoms with Gasteiger partial charge in [0.25, 0.3) is 0 Å². The zero-order valence-corrected chi connectivity index (χ0v) is 9.81. The largest absolute Gasteiger partial charge is 0.486 e. The Kier molecular flexibility index (Phi) is 2.66. The molecule has 2 heterocycles. The lowest BCUT2D eigenvalue weighted by atomic mass is 10.0. The van der Waals surface area contributed by atoms with E-state index in [2.05, 4.69) is 9.59 Å². The molecule has 6 heteroatoms. The van der Waals surface area contributed by atoms with Crippen LogP contribution in [0.1, 0.15) is 17.3 Å². The van der Waals surface area contributed by atoms with E-state index in [1.165, 1.54) is 11.5 Å². The van der Waals surface area contributed by atoms with Crippen molar-refractivity contribution >= 4 is 11.5 Å². The molecule has 1 unspecified atom stereocenters. The number of fused-ring (bicyclic) bond motifs is 1. The van der Waals surface area contributed by atoms with E-state index in [1.54, 1.807) is 0 Å². The first kappa shape index (κ1) is 10.5. The molecule has 0 bridgehead atoms. The molecule has 0 amide bonds. The maximum absolute atomic E-state index is 6.10. The Morgan fingerprint density at radius 3 is 2.82 bits per heavy atom. The van der Waals surface area contributed by atoms with E-state index in [0.717, 1.165) is 22.8 Å². The van der Waals surface area contributed by atoms with Crippen molar-refractivity contribution in [3.63, 3.8) is 0 Å². The molecule has 0 radical (unpaired) electrons. The monoisotopic (exact) mass is 249 g/mol. The fourth-order valence-corrected chi connectivity index (χ4v) is 2.22. The number of aromatic nitrogens is 2. The summed E-state index contributed by atoms with van der Waals surface area (Å²) < 4.78 is 14.8. The third kappa shape index (κ3) is 1.96. The van der Waals surface area contributed by atoms with Gasteiger partial charge in [-0.1, -0.05) is 10.6 Å². The van der Waals surface area contributed by atoms with Crippen LogP contribution in [-0.2, 0) is 0 Å². The molecule has 2 N–H and O–H groups in total. The van der Waals surface area contributed by atoms with E-state index in [0.29, 0.717) is 13.2 Å². The lowest BCUT2D eigenvalue weighted by molar-refractivity contribution is 0.171. The summed E-state index contributed by atoms with van der Waals surface area (Å²) in [7, 11) is 0. The fraction of sp³-hybridized carbons (Fsp3) is 0.273. The van der Waals surface area contributed by atoms with E-state index in [-0.39, 0.29) is 6.04 Å². The van der Waals surface area contributed by atoms with Crippen molar-refractivity contribution in [3.05, 3.63) is 34.8 Å². The van der Waals surface area contributed by atoms with Crippen LogP contribution < -0.4 is 15.2 Å². The number of hydrogen-bond acceptors (Lipinski definition) is 6. The Labute approximate surface area is 102 Å². The first-order valence-electron chi connectivity index (χ1n) is 5.26. The summed E-state index contributed by atoms with van der Waals surface area (Å²) in [5, 5.41) is 5.82. The zero-order chi connectivity index (χ0) is 11.7. The Bertz CT molecular complexity index is 515. The van der Waals surface area contributed by atoms with Crippen molar-refractivity contribution in [1.29, 1.82) is 0 Å². The number of hydrogen-bond donors (Lipinski definition) is 1. The highest BCUT2D eigenvalue weighted by Gasteiger charge is 2.17. The number of benzene rings is 1. The Hall–Kier alpha value is -1.66. The van der Waals surface area contributed by atoms with Gasteiger partial charge < -0.3 is 15.2 Å². The van der Waals surface area contributed by atoms with E-state index in [9.17, 15) is 0 Å². The molecule has 1 aliphatic heterocycles. The van der Waals surface area contributed by atoms with Gasteiger partial charge in [-0.2, -0.15) is 0 Å². The van der Waals surface area contributed by atoms with E-state index >= 15 is 0 Å². The molecule has 17 heavy (non-hydrogen) atoms. The number of nitrogens with zero attached hydrogens (tertiary/aromatic N) is 2. The molecule has 5 nitrogen and oxygen atoms in total. The van der Waals surface area contributed by atoms with Crippen molar-refractivity contribution < 1.29 is 9.47 Å². The quantitative estimate of drug-likeness (QED) is 0.870. The van der Waals surface area contributed by atoms with Gasteiger partial charge in [0.05, 0.1) is 11.7 Å². The molecule has 88 valence electrons. The third-order valence-corrected chi connectivity index (χ3v) is 3.14. The molecule has 3 rings (SSSR count). The minimum absolute atomic E-state index is 0.274. The molecule has 0 saturated heterocycles. The van der Waals surface area contributed by atoms with Gasteiger partial charge in [-0.15, -0.1) is 5.10 Å². The van der Waals surface area contributed by atoms with Crippen molar-refractivity contribution in [3.8, 4) is 11.5 Å². The molecule has 0 spiro atoms. The van der Waals surface area contributed by atoms with Crippen molar-refractivity contribution in [2.24, 2.45) is 5.73 Å². The summed E-state index contributed by atoms with van der Waals surface area (Å²) in [6, 6.07) is 5.43. The van der Waals surface area contributed by atoms with Crippen molar-refractivity contribution in [1.82, 2.24) is 9.59 Å². The van der Waals surface area contributed by atoms with E-state index < -0.39 is 0 Å². The third-order valence-electron chi connectivity index (χ3n) is 2.62. The van der Waals surface area contributed by atoms with Crippen molar-refractivity contribution in [2.45, 2.75) is 6.04 Å². The topological polar surface area (TPSA) is 70.3 Å². The Morgan fingerprint density at radius 2 is 2.06 bits per heavy atom. The second-order valence-corrected chi connectivity index (χ2v) is 4.32. The molecule has 1 aromatic heterocycles. The lowest BCUT2D eigenvalue weighted by Gasteiger charge is -2.20. The summed E-state index contributed by atoms with van der Waals surface area (Å²) in [6.07, 6.45) is 0. The normalized spacial score (nSPS) is 15.6. The van der Waals surface area contributed by atoms with Crippen LogP contribution in [0.4, 0.5) is 0 Å². The van der Waals surface area contributed by atoms with Crippen LogP contribution in [0, 0.1) is 0 Å². The summed E-state index contributed by atoms with van der Waals surface area (Å²) in [5.41, 5.74) is 7.82. The number of ether oxygens (including phenoxy) is 2. The van der Waals surface area contributed by atoms with Crippen LogP contribution in [0.5, 0.6) is 11.5 Å². The summed E-state index contributed by atoms with van der Waals surface area (Å²) in [6.45, 7) is 1.17. The maximum Gasteiger partial charge on any atom is 0.161 e. The first-order valence-corrected chi connectivity index (χ1v) is 6.10. The Morgan fingerprint density at radius 1 is 1.24 bits per heavy atom. The van der Waals surface area contributed by atoms with Crippen LogP contribution in [0.2, 0.25) is 0 Å².